The van der Waals surface area contributed by atoms with Gasteiger partial charge < -0.3 is 0 Å². The van der Waals surface area contributed by atoms with Crippen molar-refractivity contribution in [2.75, 3.05) is 12.0 Å². The standard InChI is InChI=1S/C9H8N2OS4/c1-13-8-10-11-9(16-8)15-5-6(12)7-3-2-4-14-7/h2-4H,5H2,1H3. The number of carbonyl (C=O) groups excluding carboxylic acids is 1. The van der Waals surface area contributed by atoms with Crippen LogP contribution in [0, 0.1) is 0 Å². The van der Waals surface area contributed by atoms with Crippen LogP contribution in [0.5, 0.6) is 0 Å². The van der Waals surface area contributed by atoms with Crippen molar-refractivity contribution in [1.82, 2.24) is 10.2 Å². The Labute approximate surface area is 110 Å². The minimum atomic E-state index is 0.154. The number of carbonyl (C=O) groups is 1. The molecular formula is C9H8N2OS4. The van der Waals surface area contributed by atoms with E-state index >= 15 is 0 Å². The fraction of sp³-hybridized carbons (Fsp3) is 0.222. The van der Waals surface area contributed by atoms with Gasteiger partial charge in [-0.15, -0.1) is 21.5 Å². The molecule has 0 amide bonds. The Morgan fingerprint density at radius 1 is 1.44 bits per heavy atom. The maximum absolute atomic E-state index is 11.7. The first-order chi connectivity index (χ1) is 7.79. The monoisotopic (exact) mass is 288 g/mol. The highest BCUT2D eigenvalue weighted by Gasteiger charge is 2.10. The van der Waals surface area contributed by atoms with Crippen molar-refractivity contribution in [3.05, 3.63) is 22.4 Å². The minimum Gasteiger partial charge on any atom is -0.292 e. The predicted octanol–water partition coefficient (Wildman–Crippen LogP) is 3.30. The number of Topliss-reactive ketones (excluding diaryl/α,β-unsaturated/α-hetero) is 1. The average molecular weight is 288 g/mol. The summed E-state index contributed by atoms with van der Waals surface area (Å²) in [6.45, 7) is 0. The number of ketones is 1. The summed E-state index contributed by atoms with van der Waals surface area (Å²) >= 11 is 6.03. The third-order valence-corrected chi connectivity index (χ3v) is 5.63. The molecule has 0 aromatic carbocycles. The Kier molecular flexibility index (Phi) is 4.39. The van der Waals surface area contributed by atoms with Gasteiger partial charge in [-0.3, -0.25) is 4.79 Å². The van der Waals surface area contributed by atoms with Crippen LogP contribution in [-0.2, 0) is 0 Å². The predicted molar refractivity (Wildman–Crippen MR) is 71.1 cm³/mol. The molecule has 0 bridgehead atoms. The minimum absolute atomic E-state index is 0.154. The highest BCUT2D eigenvalue weighted by molar-refractivity contribution is 8.03. The van der Waals surface area contributed by atoms with Gasteiger partial charge in [-0.25, -0.2) is 0 Å². The quantitative estimate of drug-likeness (QED) is 0.624. The molecule has 3 nitrogen and oxygen atoms in total. The summed E-state index contributed by atoms with van der Waals surface area (Å²) in [6, 6.07) is 3.74. The van der Waals surface area contributed by atoms with Gasteiger partial charge in [0.15, 0.2) is 14.5 Å². The van der Waals surface area contributed by atoms with Gasteiger partial charge in [0.25, 0.3) is 0 Å². The van der Waals surface area contributed by atoms with E-state index in [1.807, 2.05) is 23.8 Å². The Balaban J connectivity index is 1.90. The van der Waals surface area contributed by atoms with E-state index in [0.717, 1.165) is 13.6 Å². The summed E-state index contributed by atoms with van der Waals surface area (Å²) in [4.78, 5) is 12.5. The van der Waals surface area contributed by atoms with Crippen molar-refractivity contribution < 1.29 is 4.79 Å². The van der Waals surface area contributed by atoms with Crippen LogP contribution in [0.25, 0.3) is 0 Å². The van der Waals surface area contributed by atoms with Crippen LogP contribution in [0.4, 0.5) is 0 Å². The van der Waals surface area contributed by atoms with Crippen molar-refractivity contribution in [2.45, 2.75) is 8.68 Å². The van der Waals surface area contributed by atoms with E-state index in [-0.39, 0.29) is 5.78 Å². The maximum Gasteiger partial charge on any atom is 0.183 e. The lowest BCUT2D eigenvalue weighted by Gasteiger charge is -1.93. The van der Waals surface area contributed by atoms with Gasteiger partial charge in [-0.2, -0.15) is 0 Å². The number of aromatic nitrogens is 2. The molecule has 0 saturated heterocycles. The normalized spacial score (nSPS) is 10.6. The molecule has 2 heterocycles. The second-order valence-corrected chi connectivity index (χ2v) is 6.93. The Morgan fingerprint density at radius 3 is 2.88 bits per heavy atom. The first-order valence-corrected chi connectivity index (χ1v) is 8.27. The molecule has 0 aliphatic rings. The summed E-state index contributed by atoms with van der Waals surface area (Å²) in [5, 5.41) is 9.89. The number of thioether (sulfide) groups is 2. The molecule has 0 spiro atoms. The lowest BCUT2D eigenvalue weighted by molar-refractivity contribution is 0.102. The van der Waals surface area contributed by atoms with E-state index in [9.17, 15) is 4.79 Å². The zero-order chi connectivity index (χ0) is 11.4. The first kappa shape index (κ1) is 12.1. The zero-order valence-electron chi connectivity index (χ0n) is 8.37. The van der Waals surface area contributed by atoms with Crippen molar-refractivity contribution in [3.8, 4) is 0 Å². The summed E-state index contributed by atoms with van der Waals surface area (Å²) in [7, 11) is 0. The fourth-order valence-electron chi connectivity index (χ4n) is 0.974. The molecule has 7 heteroatoms. The molecule has 0 saturated carbocycles. The summed E-state index contributed by atoms with van der Waals surface area (Å²) in [5.74, 6) is 0.588. The SMILES string of the molecule is CSc1nnc(SCC(=O)c2cccs2)s1. The van der Waals surface area contributed by atoms with Crippen LogP contribution in [0.2, 0.25) is 0 Å². The fourth-order valence-corrected chi connectivity index (χ4v) is 4.05. The molecule has 0 aliphatic heterocycles. The van der Waals surface area contributed by atoms with Crippen LogP contribution in [0.1, 0.15) is 9.67 Å². The highest BCUT2D eigenvalue weighted by atomic mass is 32.2. The van der Waals surface area contributed by atoms with Gasteiger partial charge >= 0.3 is 0 Å². The van der Waals surface area contributed by atoms with Gasteiger partial charge in [0, 0.05) is 0 Å². The molecule has 0 unspecified atom stereocenters. The summed E-state index contributed by atoms with van der Waals surface area (Å²) < 4.78 is 1.79. The van der Waals surface area contributed by atoms with E-state index in [4.69, 9.17) is 0 Å². The van der Waals surface area contributed by atoms with E-state index in [2.05, 4.69) is 10.2 Å². The van der Waals surface area contributed by atoms with E-state index in [0.29, 0.717) is 5.75 Å². The largest absolute Gasteiger partial charge is 0.292 e. The van der Waals surface area contributed by atoms with Gasteiger partial charge in [-0.1, -0.05) is 40.9 Å². The highest BCUT2D eigenvalue weighted by Crippen LogP contribution is 2.28. The molecule has 2 rings (SSSR count). The van der Waals surface area contributed by atoms with Crippen LogP contribution in [0.15, 0.2) is 26.2 Å². The zero-order valence-corrected chi connectivity index (χ0v) is 11.6. The Morgan fingerprint density at radius 2 is 2.25 bits per heavy atom. The molecule has 0 atom stereocenters. The molecular weight excluding hydrogens is 280 g/mol. The van der Waals surface area contributed by atoms with Crippen LogP contribution in [-0.4, -0.2) is 28.0 Å². The van der Waals surface area contributed by atoms with Gasteiger partial charge in [0.1, 0.15) is 0 Å². The van der Waals surface area contributed by atoms with Crippen LogP contribution < -0.4 is 0 Å². The van der Waals surface area contributed by atoms with Crippen LogP contribution in [0.3, 0.4) is 0 Å². The third kappa shape index (κ3) is 3.07. The number of hydrogen-bond donors (Lipinski definition) is 0. The molecule has 0 fully saturated rings. The maximum atomic E-state index is 11.7. The van der Waals surface area contributed by atoms with E-state index in [1.165, 1.54) is 34.4 Å². The topological polar surface area (TPSA) is 42.9 Å². The first-order valence-electron chi connectivity index (χ1n) is 4.36. The number of rotatable bonds is 5. The van der Waals surface area contributed by atoms with Gasteiger partial charge in [0.05, 0.1) is 10.6 Å². The van der Waals surface area contributed by atoms with Crippen molar-refractivity contribution in [1.29, 1.82) is 0 Å². The molecule has 16 heavy (non-hydrogen) atoms. The molecule has 0 N–H and O–H groups in total. The van der Waals surface area contributed by atoms with Crippen molar-refractivity contribution in [3.63, 3.8) is 0 Å². The molecule has 2 aromatic rings. The third-order valence-electron chi connectivity index (χ3n) is 1.69. The Bertz CT molecular complexity index is 466. The second-order valence-electron chi connectivity index (χ2n) is 2.73. The van der Waals surface area contributed by atoms with Gasteiger partial charge in [-0.05, 0) is 17.7 Å². The Hall–Kier alpha value is -0.370. The number of nitrogens with zero attached hydrogens (tertiary/aromatic N) is 2. The summed E-state index contributed by atoms with van der Waals surface area (Å²) in [5.41, 5.74) is 0. The molecule has 0 radical (unpaired) electrons. The number of hydrogen-bond acceptors (Lipinski definition) is 7. The van der Waals surface area contributed by atoms with Gasteiger partial charge in [0.2, 0.25) is 0 Å². The van der Waals surface area contributed by atoms with E-state index < -0.39 is 0 Å². The van der Waals surface area contributed by atoms with E-state index in [1.54, 1.807) is 11.8 Å². The lowest BCUT2D eigenvalue weighted by atomic mass is 10.4. The molecule has 84 valence electrons. The second kappa shape index (κ2) is 5.81. The number of thiophene rings is 1. The molecule has 0 aliphatic carbocycles. The van der Waals surface area contributed by atoms with Crippen molar-refractivity contribution in [2.24, 2.45) is 0 Å². The summed E-state index contributed by atoms with van der Waals surface area (Å²) in [6.07, 6.45) is 1.96. The lowest BCUT2D eigenvalue weighted by Crippen LogP contribution is -1.98. The van der Waals surface area contributed by atoms with Crippen LogP contribution >= 0.6 is 46.2 Å². The van der Waals surface area contributed by atoms with Crippen molar-refractivity contribution >= 4 is 52.0 Å². The average Bonchev–Trinajstić information content (AvgIpc) is 2.96. The molecule has 2 aromatic heterocycles. The smallest absolute Gasteiger partial charge is 0.183 e.